The van der Waals surface area contributed by atoms with Crippen molar-refractivity contribution in [1.29, 1.82) is 0 Å². The highest BCUT2D eigenvalue weighted by atomic mass is 16.6. The van der Waals surface area contributed by atoms with E-state index in [-0.39, 0.29) is 5.78 Å². The van der Waals surface area contributed by atoms with Crippen LogP contribution < -0.4 is 5.32 Å². The van der Waals surface area contributed by atoms with Gasteiger partial charge in [0.1, 0.15) is 5.60 Å². The number of benzene rings is 2. The van der Waals surface area contributed by atoms with Crippen molar-refractivity contribution >= 4 is 11.9 Å². The van der Waals surface area contributed by atoms with Crippen molar-refractivity contribution in [3.8, 4) is 0 Å². The molecule has 0 aromatic heterocycles. The smallest absolute Gasteiger partial charge is 0.408 e. The van der Waals surface area contributed by atoms with Crippen LogP contribution in [-0.2, 0) is 16.8 Å². The molecule has 0 unspecified atom stereocenters. The minimum absolute atomic E-state index is 0.0313. The summed E-state index contributed by atoms with van der Waals surface area (Å²) in [7, 11) is 0. The number of rotatable bonds is 5. The molecule has 0 radical (unpaired) electrons. The Hall–Kier alpha value is -2.66. The predicted octanol–water partition coefficient (Wildman–Crippen LogP) is 4.38. The van der Waals surface area contributed by atoms with Crippen molar-refractivity contribution in [3.63, 3.8) is 0 Å². The molecule has 0 bridgehead atoms. The van der Waals surface area contributed by atoms with Crippen molar-refractivity contribution in [2.45, 2.75) is 63.7 Å². The third-order valence-electron chi connectivity index (χ3n) is 5.04. The van der Waals surface area contributed by atoms with Crippen molar-refractivity contribution in [2.24, 2.45) is 0 Å². The molecular formula is C24H29NO4. The second-order valence-electron chi connectivity index (χ2n) is 9.27. The molecule has 1 saturated carbocycles. The summed E-state index contributed by atoms with van der Waals surface area (Å²) in [6.45, 7) is 7.37. The van der Waals surface area contributed by atoms with E-state index in [1.807, 2.05) is 63.2 Å². The monoisotopic (exact) mass is 395 g/mol. The maximum atomic E-state index is 12.6. The number of aliphatic hydroxyl groups is 1. The Balaban J connectivity index is 1.76. The summed E-state index contributed by atoms with van der Waals surface area (Å²) < 4.78 is 5.77. The number of alkyl carbamates (subject to hydrolysis) is 1. The van der Waals surface area contributed by atoms with E-state index in [9.17, 15) is 14.7 Å². The van der Waals surface area contributed by atoms with E-state index in [1.54, 1.807) is 19.1 Å². The molecular weight excluding hydrogens is 366 g/mol. The Morgan fingerprint density at radius 3 is 2.14 bits per heavy atom. The molecule has 1 fully saturated rings. The maximum Gasteiger partial charge on any atom is 0.408 e. The molecule has 154 valence electrons. The van der Waals surface area contributed by atoms with E-state index in [1.165, 1.54) is 0 Å². The number of hydrogen-bond acceptors (Lipinski definition) is 4. The van der Waals surface area contributed by atoms with Crippen LogP contribution in [0.2, 0.25) is 0 Å². The highest BCUT2D eigenvalue weighted by Crippen LogP contribution is 2.51. The molecule has 5 heteroatoms. The highest BCUT2D eigenvalue weighted by Gasteiger charge is 2.55. The molecule has 2 aromatic rings. The van der Waals surface area contributed by atoms with Gasteiger partial charge < -0.3 is 15.2 Å². The first-order valence-electron chi connectivity index (χ1n) is 9.89. The van der Waals surface area contributed by atoms with Gasteiger partial charge in [0, 0.05) is 30.4 Å². The topological polar surface area (TPSA) is 75.6 Å². The van der Waals surface area contributed by atoms with Gasteiger partial charge in [-0.2, -0.15) is 0 Å². The number of carbonyl (C=O) groups is 2. The van der Waals surface area contributed by atoms with Crippen LogP contribution in [-0.4, -0.2) is 28.1 Å². The number of ether oxygens (including phenoxy) is 1. The maximum absolute atomic E-state index is 12.6. The van der Waals surface area contributed by atoms with Crippen LogP contribution in [0.25, 0.3) is 0 Å². The lowest BCUT2D eigenvalue weighted by Crippen LogP contribution is -2.57. The molecule has 0 heterocycles. The molecule has 29 heavy (non-hydrogen) atoms. The fourth-order valence-corrected chi connectivity index (χ4v) is 3.87. The van der Waals surface area contributed by atoms with Gasteiger partial charge in [-0.1, -0.05) is 54.6 Å². The van der Waals surface area contributed by atoms with Gasteiger partial charge in [0.15, 0.2) is 5.78 Å². The van der Waals surface area contributed by atoms with Crippen LogP contribution in [0, 0.1) is 0 Å². The molecule has 0 saturated heterocycles. The van der Waals surface area contributed by atoms with Crippen LogP contribution in [0.15, 0.2) is 54.6 Å². The molecule has 0 atom stereocenters. The predicted molar refractivity (Wildman–Crippen MR) is 112 cm³/mol. The van der Waals surface area contributed by atoms with Gasteiger partial charge in [-0.15, -0.1) is 0 Å². The summed E-state index contributed by atoms with van der Waals surface area (Å²) in [6, 6.07) is 16.8. The van der Waals surface area contributed by atoms with Crippen molar-refractivity contribution in [1.82, 2.24) is 5.32 Å². The van der Waals surface area contributed by atoms with Crippen LogP contribution in [0.1, 0.15) is 62.0 Å². The first-order valence-corrected chi connectivity index (χ1v) is 9.89. The average molecular weight is 395 g/mol. The molecule has 1 aliphatic carbocycles. The molecule has 2 N–H and O–H groups in total. The highest BCUT2D eigenvalue weighted by molar-refractivity contribution is 5.97. The number of nitrogens with one attached hydrogen (secondary N) is 1. The SMILES string of the molecule is CC1(O)CC(OC(=O)NC(C)(C)C)(c2ccc(C(=O)Cc3ccccc3)cc2)C1. The summed E-state index contributed by atoms with van der Waals surface area (Å²) >= 11 is 0. The van der Waals surface area contributed by atoms with Gasteiger partial charge in [0.05, 0.1) is 5.60 Å². The van der Waals surface area contributed by atoms with E-state index in [0.29, 0.717) is 24.8 Å². The Kier molecular flexibility index (Phi) is 5.54. The third-order valence-corrected chi connectivity index (χ3v) is 5.04. The molecule has 3 rings (SSSR count). The summed E-state index contributed by atoms with van der Waals surface area (Å²) in [5.41, 5.74) is 0.166. The van der Waals surface area contributed by atoms with E-state index in [4.69, 9.17) is 4.74 Å². The van der Waals surface area contributed by atoms with E-state index < -0.39 is 22.8 Å². The van der Waals surface area contributed by atoms with Gasteiger partial charge in [0.2, 0.25) is 0 Å². The number of amides is 1. The van der Waals surface area contributed by atoms with Gasteiger partial charge >= 0.3 is 6.09 Å². The zero-order valence-corrected chi connectivity index (χ0v) is 17.5. The van der Waals surface area contributed by atoms with E-state index in [0.717, 1.165) is 11.1 Å². The first-order chi connectivity index (χ1) is 13.5. The summed E-state index contributed by atoms with van der Waals surface area (Å²) in [5, 5.41) is 13.1. The van der Waals surface area contributed by atoms with Gasteiger partial charge in [-0.3, -0.25) is 4.79 Å². The lowest BCUT2D eigenvalue weighted by Gasteiger charge is -2.51. The van der Waals surface area contributed by atoms with Gasteiger partial charge in [-0.25, -0.2) is 4.79 Å². The molecule has 0 aliphatic heterocycles. The van der Waals surface area contributed by atoms with Crippen LogP contribution in [0.5, 0.6) is 0 Å². The first kappa shape index (κ1) is 21.1. The lowest BCUT2D eigenvalue weighted by atomic mass is 9.65. The Labute approximate surface area is 172 Å². The number of hydrogen-bond donors (Lipinski definition) is 2. The van der Waals surface area contributed by atoms with Crippen LogP contribution in [0.3, 0.4) is 0 Å². The summed E-state index contributed by atoms with van der Waals surface area (Å²) in [5.74, 6) is 0.0313. The zero-order chi connectivity index (χ0) is 21.3. The molecule has 0 spiro atoms. The number of carbonyl (C=O) groups excluding carboxylic acids is 2. The Morgan fingerprint density at radius 1 is 1.03 bits per heavy atom. The second kappa shape index (κ2) is 7.64. The number of ketones is 1. The summed E-state index contributed by atoms with van der Waals surface area (Å²) in [4.78, 5) is 24.9. The largest absolute Gasteiger partial charge is 0.438 e. The summed E-state index contributed by atoms with van der Waals surface area (Å²) in [6.07, 6.45) is 0.450. The fourth-order valence-electron chi connectivity index (χ4n) is 3.87. The Bertz CT molecular complexity index is 871. The average Bonchev–Trinajstić information content (AvgIpc) is 2.59. The quantitative estimate of drug-likeness (QED) is 0.737. The van der Waals surface area contributed by atoms with Crippen molar-refractivity contribution in [3.05, 3.63) is 71.3 Å². The second-order valence-corrected chi connectivity index (χ2v) is 9.27. The minimum atomic E-state index is -0.889. The van der Waals surface area contributed by atoms with Crippen LogP contribution in [0.4, 0.5) is 4.79 Å². The molecule has 1 amide bonds. The van der Waals surface area contributed by atoms with Crippen molar-refractivity contribution < 1.29 is 19.4 Å². The van der Waals surface area contributed by atoms with Gasteiger partial charge in [0.25, 0.3) is 0 Å². The standard InChI is InChI=1S/C24H29NO4/c1-22(2,3)25-21(27)29-24(15-23(4,28)16-24)19-12-10-18(11-13-19)20(26)14-17-8-6-5-7-9-17/h5-13,28H,14-16H2,1-4H3,(H,25,27). The van der Waals surface area contributed by atoms with Gasteiger partial charge in [-0.05, 0) is 38.8 Å². The minimum Gasteiger partial charge on any atom is -0.438 e. The number of Topliss-reactive ketones (excluding diaryl/α,β-unsaturated/α-hetero) is 1. The van der Waals surface area contributed by atoms with E-state index >= 15 is 0 Å². The van der Waals surface area contributed by atoms with Crippen molar-refractivity contribution in [2.75, 3.05) is 0 Å². The molecule has 1 aliphatic rings. The fraction of sp³-hybridized carbons (Fsp3) is 0.417. The van der Waals surface area contributed by atoms with E-state index in [2.05, 4.69) is 5.32 Å². The lowest BCUT2D eigenvalue weighted by molar-refractivity contribution is -0.177. The third kappa shape index (κ3) is 5.24. The zero-order valence-electron chi connectivity index (χ0n) is 17.5. The Morgan fingerprint density at radius 2 is 1.62 bits per heavy atom. The molecule has 2 aromatic carbocycles. The normalized spacial score (nSPS) is 23.8. The molecule has 5 nitrogen and oxygen atoms in total. The van der Waals surface area contributed by atoms with Crippen LogP contribution >= 0.6 is 0 Å².